The summed E-state index contributed by atoms with van der Waals surface area (Å²) in [6, 6.07) is 2.94. The van der Waals surface area contributed by atoms with E-state index in [9.17, 15) is 23.5 Å². The number of carboxylic acid groups (broad SMARTS) is 1. The van der Waals surface area contributed by atoms with Crippen molar-refractivity contribution in [3.05, 3.63) is 46.7 Å². The van der Waals surface area contributed by atoms with Gasteiger partial charge < -0.3 is 10.0 Å². The molecule has 0 unspecified atom stereocenters. The van der Waals surface area contributed by atoms with Crippen LogP contribution in [-0.4, -0.2) is 35.9 Å². The Labute approximate surface area is 115 Å². The second-order valence-electron chi connectivity index (χ2n) is 4.30. The average Bonchev–Trinajstić information content (AvgIpc) is 2.34. The molecule has 0 fully saturated rings. The number of carboxylic acids is 1. The fourth-order valence-electron chi connectivity index (χ4n) is 1.91. The van der Waals surface area contributed by atoms with Gasteiger partial charge in [0, 0.05) is 19.8 Å². The summed E-state index contributed by atoms with van der Waals surface area (Å²) in [6.45, 7) is 1.66. The van der Waals surface area contributed by atoms with Crippen molar-refractivity contribution in [2.24, 2.45) is 0 Å². The van der Waals surface area contributed by atoms with Crippen LogP contribution >= 0.6 is 0 Å². The van der Waals surface area contributed by atoms with Crippen LogP contribution in [0.5, 0.6) is 0 Å². The molecule has 0 bridgehead atoms. The SMILES string of the molecule is CCC(=C(C(=O)O)C(=O)c1c(F)cccc1F)N(C)C. The highest BCUT2D eigenvalue weighted by Gasteiger charge is 2.28. The van der Waals surface area contributed by atoms with Gasteiger partial charge in [-0.25, -0.2) is 13.6 Å². The molecule has 1 aromatic carbocycles. The van der Waals surface area contributed by atoms with Crippen molar-refractivity contribution in [3.8, 4) is 0 Å². The molecule has 0 amide bonds. The highest BCUT2D eigenvalue weighted by atomic mass is 19.1. The van der Waals surface area contributed by atoms with Crippen LogP contribution in [0.25, 0.3) is 0 Å². The zero-order valence-electron chi connectivity index (χ0n) is 11.4. The molecule has 0 heterocycles. The average molecular weight is 283 g/mol. The molecule has 0 spiro atoms. The molecule has 1 N–H and O–H groups in total. The fourth-order valence-corrected chi connectivity index (χ4v) is 1.91. The van der Waals surface area contributed by atoms with Gasteiger partial charge in [0.2, 0.25) is 5.78 Å². The molecule has 0 saturated heterocycles. The molecular weight excluding hydrogens is 268 g/mol. The molecule has 0 atom stereocenters. The van der Waals surface area contributed by atoms with E-state index < -0.39 is 34.5 Å². The minimum absolute atomic E-state index is 0.199. The lowest BCUT2D eigenvalue weighted by Crippen LogP contribution is -2.23. The lowest BCUT2D eigenvalue weighted by Gasteiger charge is -2.18. The predicted octanol–water partition coefficient (Wildman–Crippen LogP) is 2.46. The van der Waals surface area contributed by atoms with Gasteiger partial charge in [-0.3, -0.25) is 4.79 Å². The maximum atomic E-state index is 13.6. The van der Waals surface area contributed by atoms with Crippen LogP contribution in [-0.2, 0) is 4.79 Å². The number of allylic oxidation sites excluding steroid dienone is 1. The Morgan fingerprint density at radius 1 is 1.20 bits per heavy atom. The summed E-state index contributed by atoms with van der Waals surface area (Å²) in [5, 5.41) is 9.19. The van der Waals surface area contributed by atoms with Gasteiger partial charge in [0.05, 0.1) is 5.56 Å². The number of hydrogen-bond acceptors (Lipinski definition) is 3. The summed E-state index contributed by atoms with van der Waals surface area (Å²) in [6.07, 6.45) is 0.246. The minimum Gasteiger partial charge on any atom is -0.477 e. The lowest BCUT2D eigenvalue weighted by atomic mass is 9.99. The first-order valence-corrected chi connectivity index (χ1v) is 5.93. The molecule has 1 aromatic rings. The fraction of sp³-hybridized carbons (Fsp3) is 0.286. The number of hydrogen-bond donors (Lipinski definition) is 1. The molecule has 6 heteroatoms. The van der Waals surface area contributed by atoms with Gasteiger partial charge in [-0.2, -0.15) is 0 Å². The normalized spacial score (nSPS) is 11.8. The zero-order chi connectivity index (χ0) is 15.4. The third-order valence-corrected chi connectivity index (χ3v) is 2.79. The van der Waals surface area contributed by atoms with Crippen LogP contribution < -0.4 is 0 Å². The first-order chi connectivity index (χ1) is 9.31. The summed E-state index contributed by atoms with van der Waals surface area (Å²) in [5.74, 6) is -4.84. The molecule has 0 aromatic heterocycles. The van der Waals surface area contributed by atoms with Crippen molar-refractivity contribution < 1.29 is 23.5 Å². The Kier molecular flexibility index (Phi) is 4.96. The number of nitrogens with zero attached hydrogens (tertiary/aromatic N) is 1. The van der Waals surface area contributed by atoms with E-state index in [1.807, 2.05) is 0 Å². The van der Waals surface area contributed by atoms with E-state index in [2.05, 4.69) is 0 Å². The van der Waals surface area contributed by atoms with Crippen LogP contribution in [0.4, 0.5) is 8.78 Å². The number of halogens is 2. The topological polar surface area (TPSA) is 57.6 Å². The molecular formula is C14H15F2NO3. The van der Waals surface area contributed by atoms with Crippen LogP contribution in [0.1, 0.15) is 23.7 Å². The smallest absolute Gasteiger partial charge is 0.341 e. The van der Waals surface area contributed by atoms with E-state index in [-0.39, 0.29) is 12.1 Å². The predicted molar refractivity (Wildman–Crippen MR) is 69.3 cm³/mol. The lowest BCUT2D eigenvalue weighted by molar-refractivity contribution is -0.132. The van der Waals surface area contributed by atoms with Crippen molar-refractivity contribution >= 4 is 11.8 Å². The van der Waals surface area contributed by atoms with Crippen molar-refractivity contribution in [2.45, 2.75) is 13.3 Å². The number of rotatable bonds is 5. The second-order valence-corrected chi connectivity index (χ2v) is 4.30. The van der Waals surface area contributed by atoms with Gasteiger partial charge in [-0.1, -0.05) is 13.0 Å². The van der Waals surface area contributed by atoms with Gasteiger partial charge in [-0.05, 0) is 18.6 Å². The maximum absolute atomic E-state index is 13.6. The monoisotopic (exact) mass is 283 g/mol. The van der Waals surface area contributed by atoms with Crippen molar-refractivity contribution in [3.63, 3.8) is 0 Å². The zero-order valence-corrected chi connectivity index (χ0v) is 11.4. The van der Waals surface area contributed by atoms with Crippen LogP contribution in [0.15, 0.2) is 29.5 Å². The largest absolute Gasteiger partial charge is 0.477 e. The van der Waals surface area contributed by atoms with E-state index in [0.29, 0.717) is 0 Å². The Hall–Kier alpha value is -2.24. The number of ketones is 1. The molecule has 20 heavy (non-hydrogen) atoms. The molecule has 0 aliphatic rings. The summed E-state index contributed by atoms with van der Waals surface area (Å²) < 4.78 is 27.2. The van der Waals surface area contributed by atoms with Crippen molar-refractivity contribution in [2.75, 3.05) is 14.1 Å². The first-order valence-electron chi connectivity index (χ1n) is 5.93. The van der Waals surface area contributed by atoms with Crippen molar-refractivity contribution in [1.29, 1.82) is 0 Å². The Bertz CT molecular complexity index is 560. The van der Waals surface area contributed by atoms with Gasteiger partial charge in [0.15, 0.2) is 0 Å². The number of carbonyl (C=O) groups excluding carboxylic acids is 1. The molecule has 0 radical (unpaired) electrons. The van der Waals surface area contributed by atoms with Crippen molar-refractivity contribution in [1.82, 2.24) is 4.90 Å². The summed E-state index contributed by atoms with van der Waals surface area (Å²) in [5.41, 5.74) is -1.27. The molecule has 0 aliphatic heterocycles. The molecule has 4 nitrogen and oxygen atoms in total. The maximum Gasteiger partial charge on any atom is 0.341 e. The second kappa shape index (κ2) is 6.27. The number of benzene rings is 1. The first kappa shape index (κ1) is 15.8. The van der Waals surface area contributed by atoms with E-state index in [4.69, 9.17) is 0 Å². The van der Waals surface area contributed by atoms with Gasteiger partial charge >= 0.3 is 5.97 Å². The highest BCUT2D eigenvalue weighted by Crippen LogP contribution is 2.21. The molecule has 108 valence electrons. The third-order valence-electron chi connectivity index (χ3n) is 2.79. The minimum atomic E-state index is -1.51. The number of Topliss-reactive ketones (excluding diaryl/α,β-unsaturated/α-hetero) is 1. The quantitative estimate of drug-likeness (QED) is 0.390. The molecule has 0 aliphatic carbocycles. The van der Waals surface area contributed by atoms with Crippen LogP contribution in [0, 0.1) is 11.6 Å². The van der Waals surface area contributed by atoms with E-state index in [1.165, 1.54) is 4.90 Å². The van der Waals surface area contributed by atoms with E-state index >= 15 is 0 Å². The Balaban J connectivity index is 3.52. The third kappa shape index (κ3) is 3.01. The van der Waals surface area contributed by atoms with Gasteiger partial charge in [0.25, 0.3) is 0 Å². The van der Waals surface area contributed by atoms with E-state index in [0.717, 1.165) is 18.2 Å². The molecule has 1 rings (SSSR count). The van der Waals surface area contributed by atoms with Crippen LogP contribution in [0.2, 0.25) is 0 Å². The standard InChI is InChI=1S/C14H15F2NO3/c1-4-10(17(2)3)12(14(19)20)13(18)11-8(15)6-5-7-9(11)16/h5-7H,4H2,1-3H3,(H,19,20). The van der Waals surface area contributed by atoms with Gasteiger partial charge in [-0.15, -0.1) is 0 Å². The Morgan fingerprint density at radius 3 is 2.05 bits per heavy atom. The molecule has 0 saturated carbocycles. The number of aliphatic carboxylic acids is 1. The summed E-state index contributed by atoms with van der Waals surface area (Å²) >= 11 is 0. The van der Waals surface area contributed by atoms with Gasteiger partial charge in [0.1, 0.15) is 17.2 Å². The highest BCUT2D eigenvalue weighted by molar-refractivity contribution is 6.24. The number of carbonyl (C=O) groups is 2. The van der Waals surface area contributed by atoms with Crippen LogP contribution in [0.3, 0.4) is 0 Å². The summed E-state index contributed by atoms with van der Waals surface area (Å²) in [4.78, 5) is 24.9. The van der Waals surface area contributed by atoms with E-state index in [1.54, 1.807) is 21.0 Å². The summed E-state index contributed by atoms with van der Waals surface area (Å²) in [7, 11) is 3.12. The Morgan fingerprint density at radius 2 is 1.70 bits per heavy atom.